The van der Waals surface area contributed by atoms with Crippen LogP contribution in [0.15, 0.2) is 22.7 Å². The first-order chi connectivity index (χ1) is 8.95. The van der Waals surface area contributed by atoms with Crippen molar-refractivity contribution in [2.24, 2.45) is 0 Å². The average molecular weight is 368 g/mol. The Morgan fingerprint density at radius 1 is 1.45 bits per heavy atom. The van der Waals surface area contributed by atoms with Crippen LogP contribution in [0.1, 0.15) is 25.8 Å². The summed E-state index contributed by atoms with van der Waals surface area (Å²) in [6.45, 7) is 4.80. The highest BCUT2D eigenvalue weighted by atomic mass is 79.9. The van der Waals surface area contributed by atoms with Crippen molar-refractivity contribution in [3.05, 3.63) is 34.1 Å². The Morgan fingerprint density at radius 2 is 2.10 bits per heavy atom. The molecule has 1 amide bonds. The number of benzene rings is 1. The summed E-state index contributed by atoms with van der Waals surface area (Å²) in [6.07, 6.45) is 0.421. The van der Waals surface area contributed by atoms with Gasteiger partial charge in [-0.2, -0.15) is 0 Å². The molecule has 0 aromatic heterocycles. The predicted molar refractivity (Wildman–Crippen MR) is 85.6 cm³/mol. The number of hydrogen-bond acceptors (Lipinski definition) is 2. The van der Waals surface area contributed by atoms with E-state index in [1.807, 2.05) is 13.8 Å². The fourth-order valence-corrected chi connectivity index (χ4v) is 2.19. The van der Waals surface area contributed by atoms with Crippen LogP contribution >= 0.6 is 28.3 Å². The van der Waals surface area contributed by atoms with E-state index in [0.29, 0.717) is 25.1 Å². The molecule has 6 heteroatoms. The molecule has 0 radical (unpaired) electrons. The zero-order valence-electron chi connectivity index (χ0n) is 12.0. The number of amides is 1. The summed E-state index contributed by atoms with van der Waals surface area (Å²) in [5.74, 6) is -0.251. The largest absolute Gasteiger partial charge is 0.336 e. The Kier molecular flexibility index (Phi) is 9.01. The number of hydrogen-bond donors (Lipinski definition) is 1. The molecule has 0 atom stereocenters. The summed E-state index contributed by atoms with van der Waals surface area (Å²) < 4.78 is 14.6. The van der Waals surface area contributed by atoms with Crippen molar-refractivity contribution < 1.29 is 9.18 Å². The van der Waals surface area contributed by atoms with Crippen LogP contribution in [0.5, 0.6) is 0 Å². The molecule has 3 nitrogen and oxygen atoms in total. The number of nitrogens with one attached hydrogen (secondary N) is 1. The minimum absolute atomic E-state index is 0. The van der Waals surface area contributed by atoms with Gasteiger partial charge in [-0.25, -0.2) is 4.39 Å². The van der Waals surface area contributed by atoms with Crippen molar-refractivity contribution in [1.82, 2.24) is 10.2 Å². The third kappa shape index (κ3) is 5.77. The van der Waals surface area contributed by atoms with Crippen LogP contribution in [-0.4, -0.2) is 30.4 Å². The van der Waals surface area contributed by atoms with Crippen LogP contribution < -0.4 is 5.32 Å². The van der Waals surface area contributed by atoms with Crippen LogP contribution in [0, 0.1) is 5.82 Å². The van der Waals surface area contributed by atoms with Crippen molar-refractivity contribution in [1.29, 1.82) is 0 Å². The van der Waals surface area contributed by atoms with E-state index in [9.17, 15) is 9.18 Å². The van der Waals surface area contributed by atoms with Gasteiger partial charge in [-0.15, -0.1) is 12.4 Å². The maximum Gasteiger partial charge on any atom is 0.224 e. The van der Waals surface area contributed by atoms with Gasteiger partial charge in [0.1, 0.15) is 5.82 Å². The van der Waals surface area contributed by atoms with Gasteiger partial charge >= 0.3 is 0 Å². The molecule has 114 valence electrons. The minimum Gasteiger partial charge on any atom is -0.336 e. The highest BCUT2D eigenvalue weighted by Crippen LogP contribution is 2.18. The zero-order valence-corrected chi connectivity index (χ0v) is 14.4. The normalized spacial score (nSPS) is 10.3. The summed E-state index contributed by atoms with van der Waals surface area (Å²) in [6, 6.07) is 4.83. The molecule has 0 spiro atoms. The first kappa shape index (κ1) is 19.4. The Hall–Kier alpha value is -0.650. The second kappa shape index (κ2) is 9.32. The maximum absolute atomic E-state index is 13.7. The van der Waals surface area contributed by atoms with E-state index in [1.165, 1.54) is 6.07 Å². The molecule has 0 heterocycles. The van der Waals surface area contributed by atoms with Crippen molar-refractivity contribution in [3.8, 4) is 0 Å². The van der Waals surface area contributed by atoms with E-state index in [4.69, 9.17) is 0 Å². The van der Waals surface area contributed by atoms with Crippen LogP contribution in [0.2, 0.25) is 0 Å². The molecule has 0 saturated heterocycles. The van der Waals surface area contributed by atoms with E-state index >= 15 is 0 Å². The lowest BCUT2D eigenvalue weighted by Gasteiger charge is -2.27. The van der Waals surface area contributed by atoms with Gasteiger partial charge in [0.25, 0.3) is 0 Å². The van der Waals surface area contributed by atoms with E-state index in [-0.39, 0.29) is 30.2 Å². The van der Waals surface area contributed by atoms with E-state index in [0.717, 1.165) is 4.47 Å². The molecule has 0 fully saturated rings. The molecule has 1 aromatic carbocycles. The Morgan fingerprint density at radius 3 is 2.65 bits per heavy atom. The van der Waals surface area contributed by atoms with Crippen LogP contribution in [0.25, 0.3) is 0 Å². The van der Waals surface area contributed by atoms with Gasteiger partial charge in [-0.05, 0) is 39.1 Å². The standard InChI is InChI=1S/C14H20BrFN2O.ClH/c1-10(2)18(14(19)6-7-17-3)9-11-8-12(15)4-5-13(11)16;/h4-5,8,10,17H,6-7,9H2,1-3H3;1H. The molecule has 0 aliphatic heterocycles. The molecule has 1 aromatic rings. The van der Waals surface area contributed by atoms with Crippen molar-refractivity contribution in [2.45, 2.75) is 32.9 Å². The Bertz CT molecular complexity index is 443. The van der Waals surface area contributed by atoms with Crippen molar-refractivity contribution in [3.63, 3.8) is 0 Å². The van der Waals surface area contributed by atoms with Crippen LogP contribution in [-0.2, 0) is 11.3 Å². The SMILES string of the molecule is CNCCC(=O)N(Cc1cc(Br)ccc1F)C(C)C.Cl. The van der Waals surface area contributed by atoms with Crippen LogP contribution in [0.4, 0.5) is 4.39 Å². The maximum atomic E-state index is 13.7. The van der Waals surface area contributed by atoms with Crippen molar-refractivity contribution >= 4 is 34.2 Å². The molecule has 1 N–H and O–H groups in total. The molecule has 0 aliphatic rings. The first-order valence-electron chi connectivity index (χ1n) is 6.33. The molecule has 0 unspecified atom stereocenters. The fourth-order valence-electron chi connectivity index (χ4n) is 1.78. The summed E-state index contributed by atoms with van der Waals surface area (Å²) >= 11 is 3.32. The lowest BCUT2D eigenvalue weighted by atomic mass is 10.1. The third-order valence-electron chi connectivity index (χ3n) is 2.88. The molecule has 20 heavy (non-hydrogen) atoms. The molecule has 1 rings (SSSR count). The summed E-state index contributed by atoms with van der Waals surface area (Å²) in [5, 5.41) is 2.95. The quantitative estimate of drug-likeness (QED) is 0.836. The molecule has 0 saturated carbocycles. The van der Waals surface area contributed by atoms with E-state index in [1.54, 1.807) is 24.1 Å². The van der Waals surface area contributed by atoms with Gasteiger partial charge < -0.3 is 10.2 Å². The molecule has 0 aliphatic carbocycles. The lowest BCUT2D eigenvalue weighted by molar-refractivity contribution is -0.133. The minimum atomic E-state index is -0.282. The number of carbonyl (C=O) groups excluding carboxylic acids is 1. The number of rotatable bonds is 6. The second-order valence-corrected chi connectivity index (χ2v) is 5.62. The molecular weight excluding hydrogens is 347 g/mol. The van der Waals surface area contributed by atoms with Gasteiger partial charge in [0.05, 0.1) is 0 Å². The summed E-state index contributed by atoms with van der Waals surface area (Å²) in [5.41, 5.74) is 0.529. The smallest absolute Gasteiger partial charge is 0.224 e. The van der Waals surface area contributed by atoms with Gasteiger partial charge in [0, 0.05) is 35.6 Å². The van der Waals surface area contributed by atoms with Gasteiger partial charge in [0.2, 0.25) is 5.91 Å². The monoisotopic (exact) mass is 366 g/mol. The highest BCUT2D eigenvalue weighted by molar-refractivity contribution is 9.10. The van der Waals surface area contributed by atoms with Gasteiger partial charge in [-0.1, -0.05) is 15.9 Å². The topological polar surface area (TPSA) is 32.3 Å². The number of nitrogens with zero attached hydrogens (tertiary/aromatic N) is 1. The second-order valence-electron chi connectivity index (χ2n) is 4.70. The van der Waals surface area contributed by atoms with Crippen molar-refractivity contribution in [2.75, 3.05) is 13.6 Å². The molecule has 0 bridgehead atoms. The lowest BCUT2D eigenvalue weighted by Crippen LogP contribution is -2.37. The first-order valence-corrected chi connectivity index (χ1v) is 7.13. The Labute approximate surface area is 134 Å². The number of halogens is 3. The van der Waals surface area contributed by atoms with Gasteiger partial charge in [0.15, 0.2) is 0 Å². The zero-order chi connectivity index (χ0) is 14.4. The third-order valence-corrected chi connectivity index (χ3v) is 3.37. The Balaban J connectivity index is 0.00000361. The summed E-state index contributed by atoms with van der Waals surface area (Å²) in [4.78, 5) is 13.8. The predicted octanol–water partition coefficient (Wildman–Crippen LogP) is 3.36. The average Bonchev–Trinajstić information content (AvgIpc) is 2.36. The molecular formula is C14H21BrClFN2O. The highest BCUT2D eigenvalue weighted by Gasteiger charge is 2.18. The van der Waals surface area contributed by atoms with Gasteiger partial charge in [-0.3, -0.25) is 4.79 Å². The number of carbonyl (C=O) groups is 1. The van der Waals surface area contributed by atoms with E-state index < -0.39 is 0 Å². The van der Waals surface area contributed by atoms with E-state index in [2.05, 4.69) is 21.2 Å². The fraction of sp³-hybridized carbons (Fsp3) is 0.500. The summed E-state index contributed by atoms with van der Waals surface area (Å²) in [7, 11) is 1.81. The van der Waals surface area contributed by atoms with Crippen LogP contribution in [0.3, 0.4) is 0 Å².